The molecule has 7 heteroatoms. The van der Waals surface area contributed by atoms with Crippen LogP contribution in [0.4, 0.5) is 0 Å². The molecule has 0 bridgehead atoms. The van der Waals surface area contributed by atoms with Gasteiger partial charge in [0.05, 0.1) is 23.8 Å². The van der Waals surface area contributed by atoms with Gasteiger partial charge in [0.15, 0.2) is 0 Å². The van der Waals surface area contributed by atoms with E-state index in [1.54, 1.807) is 6.92 Å². The monoisotopic (exact) mass is 296 g/mol. The molecule has 6 nitrogen and oxygen atoms in total. The highest BCUT2D eigenvalue weighted by Crippen LogP contribution is 2.13. The minimum atomic E-state index is -3.69. The van der Waals surface area contributed by atoms with Crippen molar-refractivity contribution in [1.29, 1.82) is 5.26 Å². The molecular weight excluding hydrogens is 280 g/mol. The summed E-state index contributed by atoms with van der Waals surface area (Å²) in [5.74, 6) is -0.973. The van der Waals surface area contributed by atoms with Crippen LogP contribution in [0.15, 0.2) is 29.2 Å². The Balaban J connectivity index is 2.87. The van der Waals surface area contributed by atoms with Gasteiger partial charge in [-0.2, -0.15) is 5.26 Å². The molecule has 0 aromatic heterocycles. The third-order valence-corrected chi connectivity index (χ3v) is 4.28. The first-order chi connectivity index (χ1) is 9.39. The standard InChI is InChI=1S/C13H16N2O4S/c1-2-11(7-8-14)15-20(18,19)12-5-3-10(4-6-12)9-13(16)17/h3-6,11,15H,2,7,9H2,1H3,(H,16,17). The number of carboxylic acid groups (broad SMARTS) is 1. The fourth-order valence-corrected chi connectivity index (χ4v) is 2.95. The molecule has 0 aliphatic carbocycles. The van der Waals surface area contributed by atoms with Gasteiger partial charge in [-0.25, -0.2) is 13.1 Å². The lowest BCUT2D eigenvalue weighted by atomic mass is 10.2. The van der Waals surface area contributed by atoms with Gasteiger partial charge in [0.1, 0.15) is 0 Å². The Hall–Kier alpha value is -1.91. The van der Waals surface area contributed by atoms with Gasteiger partial charge in [-0.3, -0.25) is 4.79 Å². The zero-order valence-corrected chi connectivity index (χ0v) is 11.9. The van der Waals surface area contributed by atoms with Gasteiger partial charge in [0, 0.05) is 6.04 Å². The summed E-state index contributed by atoms with van der Waals surface area (Å²) in [6.07, 6.45) is 0.469. The number of nitriles is 1. The van der Waals surface area contributed by atoms with Crippen molar-refractivity contribution in [3.8, 4) is 6.07 Å². The van der Waals surface area contributed by atoms with Gasteiger partial charge >= 0.3 is 5.97 Å². The van der Waals surface area contributed by atoms with Crippen LogP contribution in [0.5, 0.6) is 0 Å². The minimum absolute atomic E-state index is 0.0584. The second kappa shape index (κ2) is 7.03. The molecule has 0 spiro atoms. The van der Waals surface area contributed by atoms with E-state index in [0.29, 0.717) is 12.0 Å². The van der Waals surface area contributed by atoms with Crippen LogP contribution in [0, 0.1) is 11.3 Å². The van der Waals surface area contributed by atoms with E-state index in [2.05, 4.69) is 4.72 Å². The van der Waals surface area contributed by atoms with Crippen molar-refractivity contribution >= 4 is 16.0 Å². The molecule has 0 radical (unpaired) electrons. The summed E-state index contributed by atoms with van der Waals surface area (Å²) in [6, 6.07) is 7.16. The Kier molecular flexibility index (Phi) is 5.67. The number of carbonyl (C=O) groups is 1. The second-order valence-electron chi connectivity index (χ2n) is 4.30. The molecule has 0 heterocycles. The molecule has 1 unspecified atom stereocenters. The number of carboxylic acids is 1. The Morgan fingerprint density at radius 2 is 2.00 bits per heavy atom. The van der Waals surface area contributed by atoms with Crippen molar-refractivity contribution in [3.63, 3.8) is 0 Å². The fraction of sp³-hybridized carbons (Fsp3) is 0.385. The van der Waals surface area contributed by atoms with Crippen LogP contribution in [-0.2, 0) is 21.2 Å². The number of benzene rings is 1. The summed E-state index contributed by atoms with van der Waals surface area (Å²) >= 11 is 0. The molecule has 1 aromatic carbocycles. The molecule has 108 valence electrons. The van der Waals surface area contributed by atoms with Gasteiger partial charge in [-0.05, 0) is 24.1 Å². The number of aliphatic carboxylic acids is 1. The van der Waals surface area contributed by atoms with Crippen molar-refractivity contribution in [3.05, 3.63) is 29.8 Å². The quantitative estimate of drug-likeness (QED) is 0.788. The largest absolute Gasteiger partial charge is 0.481 e. The highest BCUT2D eigenvalue weighted by Gasteiger charge is 2.18. The molecule has 0 amide bonds. The number of sulfonamides is 1. The number of nitrogens with one attached hydrogen (secondary N) is 1. The average Bonchev–Trinajstić information content (AvgIpc) is 2.38. The molecule has 0 fully saturated rings. The van der Waals surface area contributed by atoms with Crippen molar-refractivity contribution in [2.75, 3.05) is 0 Å². The van der Waals surface area contributed by atoms with Gasteiger partial charge in [0.25, 0.3) is 0 Å². The van der Waals surface area contributed by atoms with Crippen molar-refractivity contribution < 1.29 is 18.3 Å². The molecule has 20 heavy (non-hydrogen) atoms. The lowest BCUT2D eigenvalue weighted by Gasteiger charge is -2.14. The normalized spacial score (nSPS) is 12.6. The van der Waals surface area contributed by atoms with Crippen molar-refractivity contribution in [2.45, 2.75) is 37.1 Å². The average molecular weight is 296 g/mol. The fourth-order valence-electron chi connectivity index (χ4n) is 1.63. The van der Waals surface area contributed by atoms with E-state index in [1.807, 2.05) is 6.07 Å². The number of hydrogen-bond acceptors (Lipinski definition) is 4. The van der Waals surface area contributed by atoms with Gasteiger partial charge in [0.2, 0.25) is 10.0 Å². The van der Waals surface area contributed by atoms with Crippen LogP contribution in [-0.4, -0.2) is 25.5 Å². The predicted octanol–water partition coefficient (Wildman–Crippen LogP) is 1.28. The van der Waals surface area contributed by atoms with E-state index in [1.165, 1.54) is 24.3 Å². The zero-order chi connectivity index (χ0) is 15.2. The van der Waals surface area contributed by atoms with E-state index in [-0.39, 0.29) is 17.7 Å². The van der Waals surface area contributed by atoms with E-state index in [4.69, 9.17) is 10.4 Å². The minimum Gasteiger partial charge on any atom is -0.481 e. The Morgan fingerprint density at radius 3 is 2.45 bits per heavy atom. The summed E-state index contributed by atoms with van der Waals surface area (Å²) in [5, 5.41) is 17.3. The van der Waals surface area contributed by atoms with Crippen LogP contribution in [0.2, 0.25) is 0 Å². The first-order valence-electron chi connectivity index (χ1n) is 6.09. The summed E-state index contributed by atoms with van der Waals surface area (Å²) in [4.78, 5) is 10.6. The molecule has 1 atom stereocenters. The maximum absolute atomic E-state index is 12.1. The smallest absolute Gasteiger partial charge is 0.307 e. The highest BCUT2D eigenvalue weighted by molar-refractivity contribution is 7.89. The Morgan fingerprint density at radius 1 is 1.40 bits per heavy atom. The number of nitrogens with zero attached hydrogens (tertiary/aromatic N) is 1. The zero-order valence-electron chi connectivity index (χ0n) is 11.0. The third kappa shape index (κ3) is 4.64. The maximum Gasteiger partial charge on any atom is 0.307 e. The summed E-state index contributed by atoms with van der Waals surface area (Å²) in [7, 11) is -3.69. The van der Waals surface area contributed by atoms with E-state index < -0.39 is 22.0 Å². The molecule has 0 aliphatic rings. The first kappa shape index (κ1) is 16.1. The summed E-state index contributed by atoms with van der Waals surface area (Å²) < 4.78 is 26.6. The predicted molar refractivity (Wildman–Crippen MR) is 72.4 cm³/mol. The van der Waals surface area contributed by atoms with Crippen LogP contribution in [0.25, 0.3) is 0 Å². The molecule has 0 aliphatic heterocycles. The SMILES string of the molecule is CCC(CC#N)NS(=O)(=O)c1ccc(CC(=O)O)cc1. The first-order valence-corrected chi connectivity index (χ1v) is 7.57. The van der Waals surface area contributed by atoms with E-state index in [0.717, 1.165) is 0 Å². The van der Waals surface area contributed by atoms with Crippen LogP contribution in [0.3, 0.4) is 0 Å². The summed E-state index contributed by atoms with van der Waals surface area (Å²) in [5.41, 5.74) is 0.528. The highest BCUT2D eigenvalue weighted by atomic mass is 32.2. The van der Waals surface area contributed by atoms with E-state index in [9.17, 15) is 13.2 Å². The lowest BCUT2D eigenvalue weighted by Crippen LogP contribution is -2.34. The van der Waals surface area contributed by atoms with Crippen molar-refractivity contribution in [1.82, 2.24) is 4.72 Å². The van der Waals surface area contributed by atoms with Gasteiger partial charge < -0.3 is 5.11 Å². The van der Waals surface area contributed by atoms with Crippen LogP contribution < -0.4 is 4.72 Å². The third-order valence-electron chi connectivity index (χ3n) is 2.74. The summed E-state index contributed by atoms with van der Waals surface area (Å²) in [6.45, 7) is 1.79. The lowest BCUT2D eigenvalue weighted by molar-refractivity contribution is -0.136. The van der Waals surface area contributed by atoms with Gasteiger partial charge in [-0.15, -0.1) is 0 Å². The van der Waals surface area contributed by atoms with Crippen molar-refractivity contribution in [2.24, 2.45) is 0 Å². The van der Waals surface area contributed by atoms with E-state index >= 15 is 0 Å². The number of rotatable bonds is 7. The molecule has 1 rings (SSSR count). The Labute approximate surface area is 118 Å². The second-order valence-corrected chi connectivity index (χ2v) is 6.02. The van der Waals surface area contributed by atoms with Crippen LogP contribution in [0.1, 0.15) is 25.3 Å². The Bertz CT molecular complexity index is 602. The number of hydrogen-bond donors (Lipinski definition) is 2. The molecule has 0 saturated heterocycles. The molecule has 2 N–H and O–H groups in total. The molecular formula is C13H16N2O4S. The van der Waals surface area contributed by atoms with Gasteiger partial charge in [-0.1, -0.05) is 19.1 Å². The van der Waals surface area contributed by atoms with Crippen LogP contribution >= 0.6 is 0 Å². The maximum atomic E-state index is 12.1. The molecule has 1 aromatic rings. The molecule has 0 saturated carbocycles. The topological polar surface area (TPSA) is 107 Å².